The van der Waals surface area contributed by atoms with Gasteiger partial charge in [0.15, 0.2) is 0 Å². The SMILES string of the molecule is O=c1ccc2c(cn1)[nH]c1ccccc12. The number of nitrogens with zero attached hydrogens (tertiary/aromatic N) is 1. The summed E-state index contributed by atoms with van der Waals surface area (Å²) in [6, 6.07) is 11.3. The number of aromatic amines is 1. The number of H-pyrrole nitrogens is 1. The molecule has 0 saturated carbocycles. The average molecular weight is 196 g/mol. The highest BCUT2D eigenvalue weighted by Crippen LogP contribution is 2.22. The Kier molecular flexibility index (Phi) is 1.59. The van der Waals surface area contributed by atoms with Crippen molar-refractivity contribution in [1.82, 2.24) is 9.97 Å². The van der Waals surface area contributed by atoms with Crippen molar-refractivity contribution < 1.29 is 0 Å². The standard InChI is InChI=1S/C12H8N2O/c15-12-6-5-9-8-3-1-2-4-10(8)14-11(9)7-13-12/h1-7,14H. The highest BCUT2D eigenvalue weighted by molar-refractivity contribution is 6.06. The molecule has 0 amide bonds. The van der Waals surface area contributed by atoms with Gasteiger partial charge in [-0.1, -0.05) is 18.2 Å². The van der Waals surface area contributed by atoms with Crippen LogP contribution in [0.1, 0.15) is 0 Å². The second kappa shape index (κ2) is 2.92. The van der Waals surface area contributed by atoms with Crippen LogP contribution in [0, 0.1) is 0 Å². The molecular weight excluding hydrogens is 188 g/mol. The van der Waals surface area contributed by atoms with E-state index in [1.54, 1.807) is 6.20 Å². The first kappa shape index (κ1) is 8.17. The summed E-state index contributed by atoms with van der Waals surface area (Å²) < 4.78 is 0. The summed E-state index contributed by atoms with van der Waals surface area (Å²) in [7, 11) is 0. The van der Waals surface area contributed by atoms with Crippen molar-refractivity contribution in [2.75, 3.05) is 0 Å². The molecule has 72 valence electrons. The summed E-state index contributed by atoms with van der Waals surface area (Å²) in [5.74, 6) is 0. The average Bonchev–Trinajstić information content (AvgIpc) is 2.51. The molecule has 3 aromatic rings. The highest BCUT2D eigenvalue weighted by atomic mass is 16.1. The van der Waals surface area contributed by atoms with E-state index in [4.69, 9.17) is 0 Å². The first-order valence-corrected chi connectivity index (χ1v) is 4.71. The summed E-state index contributed by atoms with van der Waals surface area (Å²) in [6.07, 6.45) is 1.58. The molecule has 2 heterocycles. The van der Waals surface area contributed by atoms with Gasteiger partial charge in [0.05, 0.1) is 11.7 Å². The summed E-state index contributed by atoms with van der Waals surface area (Å²) in [6.45, 7) is 0. The minimum Gasteiger partial charge on any atom is -0.353 e. The Bertz CT molecular complexity index is 700. The van der Waals surface area contributed by atoms with Crippen LogP contribution in [-0.2, 0) is 0 Å². The van der Waals surface area contributed by atoms with Gasteiger partial charge in [0.25, 0.3) is 5.56 Å². The molecule has 1 N–H and O–H groups in total. The van der Waals surface area contributed by atoms with Gasteiger partial charge in [-0.15, -0.1) is 0 Å². The minimum absolute atomic E-state index is 0.219. The van der Waals surface area contributed by atoms with Crippen LogP contribution in [0.2, 0.25) is 0 Å². The van der Waals surface area contributed by atoms with Gasteiger partial charge in [-0.05, 0) is 12.1 Å². The van der Waals surface area contributed by atoms with Gasteiger partial charge < -0.3 is 4.98 Å². The smallest absolute Gasteiger partial charge is 0.269 e. The van der Waals surface area contributed by atoms with Crippen molar-refractivity contribution in [2.24, 2.45) is 0 Å². The van der Waals surface area contributed by atoms with Crippen molar-refractivity contribution in [3.63, 3.8) is 0 Å². The Morgan fingerprint density at radius 2 is 1.73 bits per heavy atom. The quantitative estimate of drug-likeness (QED) is 0.598. The number of benzene rings is 1. The van der Waals surface area contributed by atoms with Crippen LogP contribution in [0.4, 0.5) is 0 Å². The number of nitrogens with one attached hydrogen (secondary N) is 1. The lowest BCUT2D eigenvalue weighted by Crippen LogP contribution is -1.96. The molecule has 0 saturated heterocycles. The van der Waals surface area contributed by atoms with Crippen molar-refractivity contribution in [1.29, 1.82) is 0 Å². The maximum Gasteiger partial charge on any atom is 0.269 e. The number of aromatic nitrogens is 2. The fourth-order valence-electron chi connectivity index (χ4n) is 1.79. The number of hydrogen-bond acceptors (Lipinski definition) is 2. The maximum absolute atomic E-state index is 11.1. The summed E-state index contributed by atoms with van der Waals surface area (Å²) >= 11 is 0. The predicted octanol–water partition coefficient (Wildman–Crippen LogP) is 2.08. The second-order valence-electron chi connectivity index (χ2n) is 3.43. The van der Waals surface area contributed by atoms with Crippen molar-refractivity contribution in [3.05, 3.63) is 52.9 Å². The summed E-state index contributed by atoms with van der Waals surface area (Å²) in [5.41, 5.74) is 1.73. The molecule has 1 aromatic carbocycles. The van der Waals surface area contributed by atoms with E-state index in [2.05, 4.69) is 9.97 Å². The topological polar surface area (TPSA) is 45.8 Å². The van der Waals surface area contributed by atoms with E-state index >= 15 is 0 Å². The molecule has 3 rings (SSSR count). The molecule has 0 aliphatic carbocycles. The third kappa shape index (κ3) is 1.21. The van der Waals surface area contributed by atoms with Gasteiger partial charge in [-0.2, -0.15) is 0 Å². The van der Waals surface area contributed by atoms with Crippen molar-refractivity contribution >= 4 is 21.8 Å². The molecule has 0 unspecified atom stereocenters. The van der Waals surface area contributed by atoms with E-state index in [1.165, 1.54) is 6.07 Å². The largest absolute Gasteiger partial charge is 0.353 e. The normalized spacial score (nSPS) is 10.9. The van der Waals surface area contributed by atoms with Gasteiger partial charge in [0.2, 0.25) is 0 Å². The lowest BCUT2D eigenvalue weighted by Gasteiger charge is -1.85. The molecule has 0 fully saturated rings. The third-order valence-electron chi connectivity index (χ3n) is 2.49. The number of para-hydroxylation sites is 1. The Morgan fingerprint density at radius 3 is 2.67 bits per heavy atom. The Hall–Kier alpha value is -2.16. The zero-order valence-corrected chi connectivity index (χ0v) is 7.90. The van der Waals surface area contributed by atoms with Crippen molar-refractivity contribution in [2.45, 2.75) is 0 Å². The molecule has 3 nitrogen and oxygen atoms in total. The number of fused-ring (bicyclic) bond motifs is 3. The first-order valence-electron chi connectivity index (χ1n) is 4.71. The van der Waals surface area contributed by atoms with E-state index in [-0.39, 0.29) is 5.56 Å². The second-order valence-corrected chi connectivity index (χ2v) is 3.43. The van der Waals surface area contributed by atoms with E-state index in [0.717, 1.165) is 21.8 Å². The van der Waals surface area contributed by atoms with Gasteiger partial charge in [-0.3, -0.25) is 4.79 Å². The van der Waals surface area contributed by atoms with Gasteiger partial charge in [-0.25, -0.2) is 4.98 Å². The van der Waals surface area contributed by atoms with Gasteiger partial charge in [0, 0.05) is 22.4 Å². The number of rotatable bonds is 0. The van der Waals surface area contributed by atoms with Crippen molar-refractivity contribution in [3.8, 4) is 0 Å². The fourth-order valence-corrected chi connectivity index (χ4v) is 1.79. The molecule has 0 aliphatic rings. The lowest BCUT2D eigenvalue weighted by molar-refractivity contribution is 1.27. The molecule has 15 heavy (non-hydrogen) atoms. The van der Waals surface area contributed by atoms with Crippen LogP contribution in [-0.4, -0.2) is 9.97 Å². The molecule has 0 spiro atoms. The minimum atomic E-state index is -0.219. The maximum atomic E-state index is 11.1. The lowest BCUT2D eigenvalue weighted by atomic mass is 10.2. The first-order chi connectivity index (χ1) is 7.34. The molecule has 3 heteroatoms. The number of hydrogen-bond donors (Lipinski definition) is 1. The van der Waals surface area contributed by atoms with E-state index in [1.807, 2.05) is 30.3 Å². The van der Waals surface area contributed by atoms with Crippen LogP contribution < -0.4 is 5.56 Å². The molecule has 0 aliphatic heterocycles. The zero-order chi connectivity index (χ0) is 10.3. The molecule has 0 atom stereocenters. The van der Waals surface area contributed by atoms with Crippen LogP contribution in [0.25, 0.3) is 21.8 Å². The summed E-state index contributed by atoms with van der Waals surface area (Å²) in [4.78, 5) is 18.1. The summed E-state index contributed by atoms with van der Waals surface area (Å²) in [5, 5.41) is 2.14. The van der Waals surface area contributed by atoms with E-state index in [0.29, 0.717) is 0 Å². The predicted molar refractivity (Wildman–Crippen MR) is 59.9 cm³/mol. The van der Waals surface area contributed by atoms with E-state index in [9.17, 15) is 4.79 Å². The molecular formula is C12H8N2O. The molecule has 0 bridgehead atoms. The Balaban J connectivity index is 2.61. The van der Waals surface area contributed by atoms with Crippen LogP contribution in [0.15, 0.2) is 47.4 Å². The monoisotopic (exact) mass is 196 g/mol. The highest BCUT2D eigenvalue weighted by Gasteiger charge is 2.01. The molecule has 2 aromatic heterocycles. The Labute approximate surface area is 85.4 Å². The van der Waals surface area contributed by atoms with Crippen LogP contribution >= 0.6 is 0 Å². The van der Waals surface area contributed by atoms with Gasteiger partial charge >= 0.3 is 0 Å². The van der Waals surface area contributed by atoms with Crippen LogP contribution in [0.3, 0.4) is 0 Å². The van der Waals surface area contributed by atoms with Gasteiger partial charge in [0.1, 0.15) is 0 Å². The third-order valence-corrected chi connectivity index (χ3v) is 2.49. The Morgan fingerprint density at radius 1 is 0.933 bits per heavy atom. The zero-order valence-electron chi connectivity index (χ0n) is 7.90. The van der Waals surface area contributed by atoms with Crippen LogP contribution in [0.5, 0.6) is 0 Å². The van der Waals surface area contributed by atoms with E-state index < -0.39 is 0 Å². The fraction of sp³-hybridized carbons (Fsp3) is 0. The molecule has 0 radical (unpaired) electrons.